The topological polar surface area (TPSA) is 230 Å². The lowest BCUT2D eigenvalue weighted by molar-refractivity contribution is -0.170. The van der Waals surface area contributed by atoms with Gasteiger partial charge in [-0.15, -0.1) is 0 Å². The molecule has 20 atom stereocenters. The van der Waals surface area contributed by atoms with Gasteiger partial charge < -0.3 is 15.5 Å². The second-order valence-electron chi connectivity index (χ2n) is 28.3. The number of hydrogen-bond donors (Lipinski definition) is 5. The highest BCUT2D eigenvalue weighted by molar-refractivity contribution is 7.86. The third-order valence-corrected chi connectivity index (χ3v) is 25.8. The van der Waals surface area contributed by atoms with Crippen molar-refractivity contribution in [2.24, 2.45) is 105 Å². The van der Waals surface area contributed by atoms with E-state index in [2.05, 4.69) is 46.9 Å². The summed E-state index contributed by atoms with van der Waals surface area (Å²) in [6.45, 7) is 14.3. The summed E-state index contributed by atoms with van der Waals surface area (Å²) in [5.41, 5.74) is 0.539. The number of Topliss-reactive ketones (excluding diaryl/α,β-unsaturated/α-hetero) is 3. The van der Waals surface area contributed by atoms with Crippen LogP contribution in [0.4, 0.5) is 0 Å². The minimum absolute atomic E-state index is 0.0597. The Hall–Kier alpha value is -1.78. The van der Waals surface area contributed by atoms with Crippen molar-refractivity contribution in [1.82, 2.24) is 5.32 Å². The van der Waals surface area contributed by atoms with Crippen LogP contribution in [0.15, 0.2) is 0 Å². The SMILES string of the molecule is C[C@@H](CCC(=O)NCCS(=O)(=O)O)[C@H]1CC[C@@H]2[C@H]3[C@H](O)CC4C[C@@H](CC(=O)CCCC(=O)C[C@@H]5CC[C@@]6(C)C(C5)C[C@H](O)[C@H]5[C@@H]7CC[C@H]([C@@H](C)CCC(=O)CCCS(=O)(=O)O)[C@@]7(C)CC[C@@H]56)CC[C@@]4(C)[C@@H]3CC[C@]21C. The lowest BCUT2D eigenvalue weighted by atomic mass is 9.43. The number of hydrogen-bond acceptors (Lipinski definition) is 10. The summed E-state index contributed by atoms with van der Waals surface area (Å²) in [5, 5.41) is 26.7. The maximum Gasteiger partial charge on any atom is 0.266 e. The maximum absolute atomic E-state index is 13.5. The Labute approximate surface area is 451 Å². The molecule has 1 amide bonds. The van der Waals surface area contributed by atoms with E-state index >= 15 is 0 Å². The van der Waals surface area contributed by atoms with Crippen molar-refractivity contribution in [3.05, 3.63) is 0 Å². The molecule has 8 aliphatic rings. The molecule has 0 aromatic carbocycles. The van der Waals surface area contributed by atoms with Gasteiger partial charge in [0.05, 0.1) is 23.7 Å². The fourth-order valence-electron chi connectivity index (χ4n) is 20.4. The van der Waals surface area contributed by atoms with Crippen LogP contribution in [0.3, 0.4) is 0 Å². The number of carbonyl (C=O) groups excluding carboxylic acids is 4. The van der Waals surface area contributed by atoms with E-state index in [1.807, 2.05) is 0 Å². The predicted octanol–water partition coefficient (Wildman–Crippen LogP) is 10.6. The van der Waals surface area contributed by atoms with Gasteiger partial charge in [0.1, 0.15) is 17.3 Å². The Bertz CT molecular complexity index is 2130. The monoisotopic (exact) mass is 1090 g/mol. The predicted molar refractivity (Wildman–Crippen MR) is 290 cm³/mol. The van der Waals surface area contributed by atoms with Crippen molar-refractivity contribution in [3.63, 3.8) is 0 Å². The highest BCUT2D eigenvalue weighted by atomic mass is 32.2. The zero-order chi connectivity index (χ0) is 54.5. The second kappa shape index (κ2) is 23.4. The van der Waals surface area contributed by atoms with Gasteiger partial charge in [0, 0.05) is 51.5 Å². The van der Waals surface area contributed by atoms with Crippen LogP contribution in [-0.2, 0) is 39.4 Å². The first kappa shape index (κ1) is 59.3. The molecule has 0 aliphatic heterocycles. The molecular weight excluding hydrogens is 991 g/mol. The van der Waals surface area contributed by atoms with Gasteiger partial charge in [-0.25, -0.2) is 0 Å². The van der Waals surface area contributed by atoms with E-state index in [-0.39, 0.29) is 94.1 Å². The lowest BCUT2D eigenvalue weighted by Crippen LogP contribution is -2.58. The number of aliphatic hydroxyl groups excluding tert-OH is 2. The number of nitrogens with one attached hydrogen (secondary N) is 1. The molecular formula is C60H99NO12S2. The molecule has 0 spiro atoms. The summed E-state index contributed by atoms with van der Waals surface area (Å²) in [6, 6.07) is 0. The van der Waals surface area contributed by atoms with Crippen molar-refractivity contribution in [3.8, 4) is 0 Å². The van der Waals surface area contributed by atoms with Crippen LogP contribution < -0.4 is 5.32 Å². The molecule has 8 aliphatic carbocycles. The average molecular weight is 1090 g/mol. The van der Waals surface area contributed by atoms with Crippen molar-refractivity contribution in [1.29, 1.82) is 0 Å². The van der Waals surface area contributed by atoms with Crippen LogP contribution in [0, 0.1) is 105 Å². The summed E-state index contributed by atoms with van der Waals surface area (Å²) >= 11 is 0. The van der Waals surface area contributed by atoms with Gasteiger partial charge in [0.2, 0.25) is 5.91 Å². The molecule has 8 fully saturated rings. The summed E-state index contributed by atoms with van der Waals surface area (Å²) in [5.74, 6) is 5.05. The number of amides is 1. The largest absolute Gasteiger partial charge is 0.393 e. The van der Waals surface area contributed by atoms with Crippen LogP contribution in [-0.4, -0.2) is 89.7 Å². The quantitative estimate of drug-likeness (QED) is 0.0602. The summed E-state index contributed by atoms with van der Waals surface area (Å²) in [4.78, 5) is 52.2. The highest BCUT2D eigenvalue weighted by Gasteiger charge is 2.65. The molecule has 2 unspecified atom stereocenters. The van der Waals surface area contributed by atoms with Crippen molar-refractivity contribution in [2.45, 2.75) is 227 Å². The molecule has 0 saturated heterocycles. The Morgan fingerprint density at radius 1 is 0.507 bits per heavy atom. The van der Waals surface area contributed by atoms with Crippen molar-refractivity contribution >= 4 is 43.5 Å². The van der Waals surface area contributed by atoms with Crippen LogP contribution in [0.1, 0.15) is 215 Å². The molecule has 0 aromatic heterocycles. The zero-order valence-corrected chi connectivity index (χ0v) is 48.5. The first-order valence-corrected chi connectivity index (χ1v) is 33.4. The molecule has 8 rings (SSSR count). The van der Waals surface area contributed by atoms with E-state index in [9.17, 15) is 46.2 Å². The number of rotatable bonds is 23. The van der Waals surface area contributed by atoms with E-state index in [1.54, 1.807) is 0 Å². The van der Waals surface area contributed by atoms with Gasteiger partial charge in [-0.1, -0.05) is 41.5 Å². The molecule has 0 aromatic rings. The fourth-order valence-corrected chi connectivity index (χ4v) is 21.3. The highest BCUT2D eigenvalue weighted by Crippen LogP contribution is 2.71. The minimum Gasteiger partial charge on any atom is -0.393 e. The summed E-state index contributed by atoms with van der Waals surface area (Å²) < 4.78 is 62.4. The van der Waals surface area contributed by atoms with E-state index < -0.39 is 26.0 Å². The average Bonchev–Trinajstić information content (AvgIpc) is 3.87. The number of ketones is 3. The number of aliphatic hydroxyl groups is 2. The summed E-state index contributed by atoms with van der Waals surface area (Å²) in [7, 11) is -8.17. The van der Waals surface area contributed by atoms with Crippen LogP contribution >= 0.6 is 0 Å². The lowest BCUT2D eigenvalue weighted by Gasteiger charge is -2.62. The van der Waals surface area contributed by atoms with E-state index in [0.29, 0.717) is 116 Å². The first-order chi connectivity index (χ1) is 35.1. The van der Waals surface area contributed by atoms with Crippen LogP contribution in [0.5, 0.6) is 0 Å². The number of fused-ring (bicyclic) bond motifs is 10. The van der Waals surface area contributed by atoms with Gasteiger partial charge in [-0.3, -0.25) is 28.3 Å². The van der Waals surface area contributed by atoms with Gasteiger partial charge in [-0.05, 0) is 233 Å². The van der Waals surface area contributed by atoms with E-state index in [0.717, 1.165) is 116 Å². The molecule has 13 nitrogen and oxygen atoms in total. The third kappa shape index (κ3) is 12.9. The van der Waals surface area contributed by atoms with Crippen LogP contribution in [0.2, 0.25) is 0 Å². The molecule has 75 heavy (non-hydrogen) atoms. The van der Waals surface area contributed by atoms with E-state index in [4.69, 9.17) is 9.11 Å². The van der Waals surface area contributed by atoms with E-state index in [1.165, 1.54) is 0 Å². The molecule has 0 bridgehead atoms. The zero-order valence-electron chi connectivity index (χ0n) is 46.8. The molecule has 15 heteroatoms. The first-order valence-electron chi connectivity index (χ1n) is 30.2. The Balaban J connectivity index is 0.748. The molecule has 0 radical (unpaired) electrons. The maximum atomic E-state index is 13.5. The van der Waals surface area contributed by atoms with Crippen LogP contribution in [0.25, 0.3) is 0 Å². The second-order valence-corrected chi connectivity index (χ2v) is 31.4. The Kier molecular flexibility index (Phi) is 18.5. The van der Waals surface area contributed by atoms with Gasteiger partial charge >= 0.3 is 0 Å². The normalized spacial score (nSPS) is 42.2. The Morgan fingerprint density at radius 3 is 1.37 bits per heavy atom. The summed E-state index contributed by atoms with van der Waals surface area (Å²) in [6.07, 6.45) is 21.4. The molecule has 5 N–H and O–H groups in total. The van der Waals surface area contributed by atoms with Crippen molar-refractivity contribution in [2.75, 3.05) is 18.1 Å². The fraction of sp³-hybridized carbons (Fsp3) is 0.933. The van der Waals surface area contributed by atoms with Gasteiger partial charge in [0.25, 0.3) is 20.2 Å². The smallest absolute Gasteiger partial charge is 0.266 e. The van der Waals surface area contributed by atoms with Crippen molar-refractivity contribution < 1.29 is 55.3 Å². The minimum atomic E-state index is -4.12. The molecule has 428 valence electrons. The van der Waals surface area contributed by atoms with Gasteiger partial charge in [0.15, 0.2) is 0 Å². The standard InChI is InChI=1S/C60H99NO12S2/c1-37(12-14-43(62)11-8-29-74(68,69)70)46-15-17-48-55-50(22-26-59(46,48)5)57(3)24-20-39(31-41(57)35-52(55)65)33-44(63)9-7-10-45(64)34-40-21-25-58(4)42(32-40)36-53(66)56-49-18-16-47(60(49,6)27-23-51(56)58)38(2)13-19-54(67)61-28-30-75(71,72)73/h37-42,46-53,55-56,65-66H,7-36H2,1-6H3,(H,61,67)(H,68,69,70)(H,71,72,73)/t37-,38-,39+,40-,41?,42?,46+,47+,48-,49+,50-,51+,52-,53+,55-,56+,57-,58+,59+,60-/m0/s1. The third-order valence-electron chi connectivity index (χ3n) is 24.3. The Morgan fingerprint density at radius 2 is 0.920 bits per heavy atom. The number of carbonyl (C=O) groups is 4. The molecule has 0 heterocycles. The molecule has 8 saturated carbocycles. The van der Waals surface area contributed by atoms with Gasteiger partial charge in [-0.2, -0.15) is 16.8 Å².